The highest BCUT2D eigenvalue weighted by Crippen LogP contribution is 2.27. The van der Waals surface area contributed by atoms with Gasteiger partial charge >= 0.3 is 0 Å². The van der Waals surface area contributed by atoms with Crippen molar-refractivity contribution in [2.24, 2.45) is 0 Å². The summed E-state index contributed by atoms with van der Waals surface area (Å²) in [4.78, 5) is 12.0. The van der Waals surface area contributed by atoms with Crippen LogP contribution in [0.4, 0.5) is 5.69 Å². The van der Waals surface area contributed by atoms with Crippen LogP contribution < -0.4 is 19.5 Å². The molecule has 0 saturated heterocycles. The van der Waals surface area contributed by atoms with Crippen molar-refractivity contribution < 1.29 is 19.0 Å². The van der Waals surface area contributed by atoms with E-state index in [1.54, 1.807) is 24.3 Å². The molecule has 0 heterocycles. The lowest BCUT2D eigenvalue weighted by molar-refractivity contribution is -0.118. The number of hydrogen-bond donors (Lipinski definition) is 1. The zero-order chi connectivity index (χ0) is 17.5. The van der Waals surface area contributed by atoms with Crippen LogP contribution in [0.1, 0.15) is 5.56 Å². The molecule has 124 valence electrons. The van der Waals surface area contributed by atoms with Gasteiger partial charge in [-0.25, -0.2) is 0 Å². The number of hydrogen-bond acceptors (Lipinski definition) is 5. The fourth-order valence-electron chi connectivity index (χ4n) is 1.89. The van der Waals surface area contributed by atoms with E-state index < -0.39 is 0 Å². The summed E-state index contributed by atoms with van der Waals surface area (Å²) in [7, 11) is 3.06. The lowest BCUT2D eigenvalue weighted by Gasteiger charge is -2.11. The van der Waals surface area contributed by atoms with Gasteiger partial charge in [0.2, 0.25) is 0 Å². The summed E-state index contributed by atoms with van der Waals surface area (Å²) in [5.41, 5.74) is 0.824. The molecule has 2 aromatic rings. The Labute approximate surface area is 144 Å². The lowest BCUT2D eigenvalue weighted by Crippen LogP contribution is -2.20. The van der Waals surface area contributed by atoms with E-state index in [9.17, 15) is 4.79 Å². The Bertz CT molecular complexity index is 764. The second-order valence-electron chi connectivity index (χ2n) is 4.69. The summed E-state index contributed by atoms with van der Waals surface area (Å²) < 4.78 is 15.7. The van der Waals surface area contributed by atoms with Crippen molar-refractivity contribution in [3.05, 3.63) is 47.0 Å². The summed E-state index contributed by atoms with van der Waals surface area (Å²) in [5.74, 6) is 1.20. The molecule has 24 heavy (non-hydrogen) atoms. The van der Waals surface area contributed by atoms with E-state index >= 15 is 0 Å². The van der Waals surface area contributed by atoms with Crippen molar-refractivity contribution >= 4 is 23.2 Å². The maximum atomic E-state index is 12.0. The molecule has 0 unspecified atom stereocenters. The molecule has 1 amide bonds. The van der Waals surface area contributed by atoms with Crippen LogP contribution in [0.5, 0.6) is 17.2 Å². The number of halogens is 1. The molecular formula is C17H15ClN2O4. The van der Waals surface area contributed by atoms with E-state index in [1.807, 2.05) is 6.07 Å². The van der Waals surface area contributed by atoms with Gasteiger partial charge in [-0.05, 0) is 18.2 Å². The number of amides is 1. The van der Waals surface area contributed by atoms with Crippen LogP contribution in [0, 0.1) is 11.3 Å². The number of nitrogens with zero attached hydrogens (tertiary/aromatic N) is 1. The number of nitrogens with one attached hydrogen (secondary N) is 1. The van der Waals surface area contributed by atoms with Gasteiger partial charge in [0.05, 0.1) is 24.8 Å². The molecular weight excluding hydrogens is 332 g/mol. The molecule has 0 saturated carbocycles. The van der Waals surface area contributed by atoms with E-state index in [2.05, 4.69) is 5.32 Å². The van der Waals surface area contributed by atoms with Crippen LogP contribution in [0.25, 0.3) is 0 Å². The molecule has 0 fully saturated rings. The van der Waals surface area contributed by atoms with E-state index in [-0.39, 0.29) is 17.5 Å². The number of carbonyl (C=O) groups is 1. The molecule has 2 rings (SSSR count). The van der Waals surface area contributed by atoms with E-state index in [0.717, 1.165) is 0 Å². The van der Waals surface area contributed by atoms with Crippen molar-refractivity contribution in [1.82, 2.24) is 0 Å². The number of ether oxygens (including phenoxy) is 3. The Morgan fingerprint density at radius 1 is 1.12 bits per heavy atom. The standard InChI is InChI=1S/C17H15ClN2O4/c1-22-13-6-14(23-2)8-15(7-13)24-10-17(21)20-12-4-3-11(9-19)16(18)5-12/h3-8H,10H2,1-2H3,(H,20,21). The Hall–Kier alpha value is -2.91. The first-order chi connectivity index (χ1) is 11.5. The lowest BCUT2D eigenvalue weighted by atomic mass is 10.2. The van der Waals surface area contributed by atoms with Crippen LogP contribution in [-0.2, 0) is 4.79 Å². The molecule has 0 bridgehead atoms. The Morgan fingerprint density at radius 3 is 2.29 bits per heavy atom. The molecule has 1 N–H and O–H groups in total. The van der Waals surface area contributed by atoms with Gasteiger partial charge in [-0.15, -0.1) is 0 Å². The third-order valence-electron chi connectivity index (χ3n) is 3.07. The minimum Gasteiger partial charge on any atom is -0.496 e. The summed E-state index contributed by atoms with van der Waals surface area (Å²) in [6, 6.07) is 11.6. The molecule has 0 radical (unpaired) electrons. The fourth-order valence-corrected chi connectivity index (χ4v) is 2.12. The van der Waals surface area contributed by atoms with Gasteiger partial charge < -0.3 is 19.5 Å². The first-order valence-electron chi connectivity index (χ1n) is 6.91. The van der Waals surface area contributed by atoms with Crippen LogP contribution in [0.15, 0.2) is 36.4 Å². The van der Waals surface area contributed by atoms with Crippen molar-refractivity contribution in [2.45, 2.75) is 0 Å². The molecule has 0 spiro atoms. The van der Waals surface area contributed by atoms with Crippen molar-refractivity contribution in [3.8, 4) is 23.3 Å². The maximum Gasteiger partial charge on any atom is 0.262 e. The van der Waals surface area contributed by atoms with Crippen molar-refractivity contribution in [1.29, 1.82) is 5.26 Å². The minimum absolute atomic E-state index is 0.200. The average Bonchev–Trinajstić information content (AvgIpc) is 2.59. The summed E-state index contributed by atoms with van der Waals surface area (Å²) in [6.07, 6.45) is 0. The molecule has 6 nitrogen and oxygen atoms in total. The SMILES string of the molecule is COc1cc(OC)cc(OCC(=O)Nc2ccc(C#N)c(Cl)c2)c1. The second-order valence-corrected chi connectivity index (χ2v) is 5.10. The zero-order valence-corrected chi connectivity index (χ0v) is 13.9. The highest BCUT2D eigenvalue weighted by Gasteiger charge is 2.08. The second kappa shape index (κ2) is 8.09. The molecule has 2 aromatic carbocycles. The summed E-state index contributed by atoms with van der Waals surface area (Å²) in [5, 5.41) is 11.7. The van der Waals surface area contributed by atoms with Crippen LogP contribution >= 0.6 is 11.6 Å². The average molecular weight is 347 g/mol. The Balaban J connectivity index is 1.98. The van der Waals surface area contributed by atoms with Crippen LogP contribution in [0.3, 0.4) is 0 Å². The van der Waals surface area contributed by atoms with Gasteiger partial charge in [0, 0.05) is 23.9 Å². The van der Waals surface area contributed by atoms with E-state index in [1.165, 1.54) is 26.4 Å². The number of carbonyl (C=O) groups excluding carboxylic acids is 1. The maximum absolute atomic E-state index is 12.0. The number of nitriles is 1. The number of anilines is 1. The number of benzene rings is 2. The Kier molecular flexibility index (Phi) is 5.88. The van der Waals surface area contributed by atoms with Gasteiger partial charge in [0.15, 0.2) is 6.61 Å². The fraction of sp³-hybridized carbons (Fsp3) is 0.176. The predicted molar refractivity (Wildman–Crippen MR) is 89.8 cm³/mol. The third-order valence-corrected chi connectivity index (χ3v) is 3.38. The van der Waals surface area contributed by atoms with Crippen LogP contribution in [0.2, 0.25) is 5.02 Å². The van der Waals surface area contributed by atoms with E-state index in [4.69, 9.17) is 31.1 Å². The largest absolute Gasteiger partial charge is 0.496 e. The summed E-state index contributed by atoms with van der Waals surface area (Å²) in [6.45, 7) is -0.200. The minimum atomic E-state index is -0.363. The van der Waals surface area contributed by atoms with Gasteiger partial charge in [0.25, 0.3) is 5.91 Å². The highest BCUT2D eigenvalue weighted by molar-refractivity contribution is 6.32. The molecule has 7 heteroatoms. The van der Waals surface area contributed by atoms with Crippen LogP contribution in [-0.4, -0.2) is 26.7 Å². The topological polar surface area (TPSA) is 80.6 Å². The monoisotopic (exact) mass is 346 g/mol. The van der Waals surface area contributed by atoms with Crippen molar-refractivity contribution in [3.63, 3.8) is 0 Å². The predicted octanol–water partition coefficient (Wildman–Crippen LogP) is 3.25. The Morgan fingerprint density at radius 2 is 1.75 bits per heavy atom. The molecule has 0 atom stereocenters. The molecule has 0 aliphatic rings. The smallest absolute Gasteiger partial charge is 0.262 e. The van der Waals surface area contributed by atoms with E-state index in [0.29, 0.717) is 28.5 Å². The third kappa shape index (κ3) is 4.54. The van der Waals surface area contributed by atoms with Crippen molar-refractivity contribution in [2.75, 3.05) is 26.1 Å². The first kappa shape index (κ1) is 17.4. The molecule has 0 aliphatic carbocycles. The van der Waals surface area contributed by atoms with Gasteiger partial charge in [0.1, 0.15) is 23.3 Å². The van der Waals surface area contributed by atoms with Gasteiger partial charge in [-0.3, -0.25) is 4.79 Å². The van der Waals surface area contributed by atoms with Gasteiger partial charge in [-0.1, -0.05) is 11.6 Å². The zero-order valence-electron chi connectivity index (χ0n) is 13.1. The molecule has 0 aliphatic heterocycles. The first-order valence-corrected chi connectivity index (χ1v) is 7.29. The number of rotatable bonds is 6. The number of methoxy groups -OCH3 is 2. The highest BCUT2D eigenvalue weighted by atomic mass is 35.5. The summed E-state index contributed by atoms with van der Waals surface area (Å²) >= 11 is 5.92. The van der Waals surface area contributed by atoms with Gasteiger partial charge in [-0.2, -0.15) is 5.26 Å². The quantitative estimate of drug-likeness (QED) is 0.868. The normalized spacial score (nSPS) is 9.75. The molecule has 0 aromatic heterocycles.